The molecule has 0 fully saturated rings. The maximum Gasteiger partial charge on any atom is 0.261 e. The minimum Gasteiger partial charge on any atom is -0.481 e. The first-order valence-electron chi connectivity index (χ1n) is 7.98. The molecule has 5 heteroatoms. The van der Waals surface area contributed by atoms with Crippen molar-refractivity contribution in [1.29, 1.82) is 0 Å². The van der Waals surface area contributed by atoms with Crippen molar-refractivity contribution in [3.8, 4) is 5.75 Å². The van der Waals surface area contributed by atoms with Gasteiger partial charge < -0.3 is 10.1 Å². The second kappa shape index (κ2) is 8.43. The first-order valence-corrected chi connectivity index (χ1v) is 7.98. The number of hydrogen-bond donors (Lipinski definition) is 1. The Kier molecular flexibility index (Phi) is 6.29. The summed E-state index contributed by atoms with van der Waals surface area (Å²) in [6, 6.07) is 12.8. The Labute approximate surface area is 140 Å². The van der Waals surface area contributed by atoms with Crippen LogP contribution in [0.1, 0.15) is 38.3 Å². The lowest BCUT2D eigenvalue weighted by Crippen LogP contribution is -2.38. The monoisotopic (exact) mass is 333 g/mol. The van der Waals surface area contributed by atoms with Gasteiger partial charge in [0, 0.05) is 6.07 Å². The van der Waals surface area contributed by atoms with Gasteiger partial charge in [0.05, 0.1) is 6.04 Å². The molecule has 0 radical (unpaired) electrons. The lowest BCUT2D eigenvalue weighted by molar-refractivity contribution is -0.128. The number of ether oxygens (including phenoxy) is 1. The summed E-state index contributed by atoms with van der Waals surface area (Å²) in [6.07, 6.45) is 0.893. The third-order valence-electron chi connectivity index (χ3n) is 3.67. The Hall–Kier alpha value is -2.43. The summed E-state index contributed by atoms with van der Waals surface area (Å²) in [5, 5.41) is 2.95. The van der Waals surface area contributed by atoms with Crippen LogP contribution in [0.4, 0.5) is 8.78 Å². The zero-order valence-corrected chi connectivity index (χ0v) is 13.8. The molecule has 2 aromatic rings. The van der Waals surface area contributed by atoms with Crippen LogP contribution in [0.5, 0.6) is 5.75 Å². The van der Waals surface area contributed by atoms with E-state index in [0.717, 1.165) is 30.5 Å². The summed E-state index contributed by atoms with van der Waals surface area (Å²) in [4.78, 5) is 12.4. The summed E-state index contributed by atoms with van der Waals surface area (Å²) < 4.78 is 31.5. The maximum absolute atomic E-state index is 13.2. The van der Waals surface area contributed by atoms with Crippen molar-refractivity contribution in [2.45, 2.75) is 38.8 Å². The molecule has 2 atom stereocenters. The highest BCUT2D eigenvalue weighted by atomic mass is 19.2. The molecular weight excluding hydrogens is 312 g/mol. The number of amides is 1. The molecule has 1 N–H and O–H groups in total. The van der Waals surface area contributed by atoms with Crippen molar-refractivity contribution in [2.24, 2.45) is 0 Å². The Morgan fingerprint density at radius 3 is 2.46 bits per heavy atom. The van der Waals surface area contributed by atoms with Gasteiger partial charge in [-0.05, 0) is 31.0 Å². The van der Waals surface area contributed by atoms with Gasteiger partial charge in [-0.2, -0.15) is 0 Å². The van der Waals surface area contributed by atoms with Crippen molar-refractivity contribution in [3.63, 3.8) is 0 Å². The molecule has 2 unspecified atom stereocenters. The number of rotatable bonds is 7. The predicted octanol–water partition coefficient (Wildman–Crippen LogP) is 4.39. The van der Waals surface area contributed by atoms with Crippen LogP contribution < -0.4 is 10.1 Å². The van der Waals surface area contributed by atoms with Gasteiger partial charge in [0.25, 0.3) is 5.91 Å². The Morgan fingerprint density at radius 2 is 1.83 bits per heavy atom. The standard InChI is InChI=1S/C19H21F2NO2/c1-3-7-18(14-8-5-4-6-9-14)22-19(23)13(2)24-15-10-11-16(20)17(21)12-15/h4-6,8-13,18H,3,7H2,1-2H3,(H,22,23). The molecule has 2 rings (SSSR count). The van der Waals surface area contributed by atoms with Crippen LogP contribution >= 0.6 is 0 Å². The first-order chi connectivity index (χ1) is 11.5. The van der Waals surface area contributed by atoms with Crippen LogP contribution in [0.15, 0.2) is 48.5 Å². The number of nitrogens with one attached hydrogen (secondary N) is 1. The Balaban J connectivity index is 2.02. The quantitative estimate of drug-likeness (QED) is 0.816. The zero-order valence-electron chi connectivity index (χ0n) is 13.8. The molecule has 0 heterocycles. The van der Waals surface area contributed by atoms with Crippen molar-refractivity contribution in [2.75, 3.05) is 0 Å². The van der Waals surface area contributed by atoms with E-state index in [1.54, 1.807) is 6.92 Å². The molecular formula is C19H21F2NO2. The van der Waals surface area contributed by atoms with Crippen LogP contribution in [-0.2, 0) is 4.79 Å². The minimum atomic E-state index is -1.01. The highest BCUT2D eigenvalue weighted by molar-refractivity contribution is 5.81. The van der Waals surface area contributed by atoms with Gasteiger partial charge in [0.15, 0.2) is 17.7 Å². The minimum absolute atomic E-state index is 0.111. The first kappa shape index (κ1) is 17.9. The largest absolute Gasteiger partial charge is 0.481 e. The number of carbonyl (C=O) groups excluding carboxylic acids is 1. The van der Waals surface area contributed by atoms with E-state index in [1.807, 2.05) is 37.3 Å². The highest BCUT2D eigenvalue weighted by Crippen LogP contribution is 2.20. The van der Waals surface area contributed by atoms with Gasteiger partial charge in [-0.1, -0.05) is 43.7 Å². The van der Waals surface area contributed by atoms with Crippen LogP contribution in [0.2, 0.25) is 0 Å². The molecule has 0 bridgehead atoms. The van der Waals surface area contributed by atoms with Gasteiger partial charge in [-0.15, -0.1) is 0 Å². The van der Waals surface area contributed by atoms with E-state index in [-0.39, 0.29) is 17.7 Å². The third-order valence-corrected chi connectivity index (χ3v) is 3.67. The molecule has 0 aromatic heterocycles. The van der Waals surface area contributed by atoms with E-state index in [9.17, 15) is 13.6 Å². The summed E-state index contributed by atoms with van der Waals surface area (Å²) in [7, 11) is 0. The van der Waals surface area contributed by atoms with Gasteiger partial charge in [0.1, 0.15) is 5.75 Å². The fourth-order valence-electron chi connectivity index (χ4n) is 2.39. The van der Waals surface area contributed by atoms with Crippen molar-refractivity contribution in [1.82, 2.24) is 5.32 Å². The van der Waals surface area contributed by atoms with E-state index in [2.05, 4.69) is 5.32 Å². The highest BCUT2D eigenvalue weighted by Gasteiger charge is 2.20. The second-order valence-electron chi connectivity index (χ2n) is 5.60. The summed E-state index contributed by atoms with van der Waals surface area (Å²) >= 11 is 0. The lowest BCUT2D eigenvalue weighted by atomic mass is 10.0. The number of carbonyl (C=O) groups is 1. The summed E-state index contributed by atoms with van der Waals surface area (Å²) in [5.41, 5.74) is 1.02. The van der Waals surface area contributed by atoms with E-state index in [0.29, 0.717) is 0 Å². The summed E-state index contributed by atoms with van der Waals surface area (Å²) in [6.45, 7) is 3.62. The smallest absolute Gasteiger partial charge is 0.261 e. The van der Waals surface area contributed by atoms with E-state index >= 15 is 0 Å². The maximum atomic E-state index is 13.2. The number of benzene rings is 2. The molecule has 0 aliphatic carbocycles. The van der Waals surface area contributed by atoms with E-state index < -0.39 is 17.7 Å². The van der Waals surface area contributed by atoms with Crippen LogP contribution in [-0.4, -0.2) is 12.0 Å². The van der Waals surface area contributed by atoms with E-state index in [4.69, 9.17) is 4.74 Å². The van der Waals surface area contributed by atoms with Gasteiger partial charge in [-0.25, -0.2) is 8.78 Å². The van der Waals surface area contributed by atoms with Crippen molar-refractivity contribution < 1.29 is 18.3 Å². The molecule has 1 amide bonds. The van der Waals surface area contributed by atoms with Gasteiger partial charge in [-0.3, -0.25) is 4.79 Å². The normalized spacial score (nSPS) is 13.2. The molecule has 2 aromatic carbocycles. The fraction of sp³-hybridized carbons (Fsp3) is 0.316. The second-order valence-corrected chi connectivity index (χ2v) is 5.60. The Morgan fingerprint density at radius 1 is 1.12 bits per heavy atom. The molecule has 24 heavy (non-hydrogen) atoms. The van der Waals surface area contributed by atoms with Crippen LogP contribution in [0, 0.1) is 11.6 Å². The fourth-order valence-corrected chi connectivity index (χ4v) is 2.39. The lowest BCUT2D eigenvalue weighted by Gasteiger charge is -2.22. The molecule has 3 nitrogen and oxygen atoms in total. The molecule has 0 aliphatic heterocycles. The van der Waals surface area contributed by atoms with Crippen LogP contribution in [0.3, 0.4) is 0 Å². The molecule has 0 saturated heterocycles. The van der Waals surface area contributed by atoms with Gasteiger partial charge >= 0.3 is 0 Å². The SMILES string of the molecule is CCCC(NC(=O)C(C)Oc1ccc(F)c(F)c1)c1ccccc1. The van der Waals surface area contributed by atoms with E-state index in [1.165, 1.54) is 6.07 Å². The molecule has 0 aliphatic rings. The topological polar surface area (TPSA) is 38.3 Å². The molecule has 0 spiro atoms. The van der Waals surface area contributed by atoms with Crippen LogP contribution in [0.25, 0.3) is 0 Å². The summed E-state index contributed by atoms with van der Waals surface area (Å²) in [5.74, 6) is -2.15. The molecule has 128 valence electrons. The average molecular weight is 333 g/mol. The van der Waals surface area contributed by atoms with Crippen molar-refractivity contribution >= 4 is 5.91 Å². The predicted molar refractivity (Wildman–Crippen MR) is 88.7 cm³/mol. The van der Waals surface area contributed by atoms with Gasteiger partial charge in [0.2, 0.25) is 0 Å². The zero-order chi connectivity index (χ0) is 17.5. The number of hydrogen-bond acceptors (Lipinski definition) is 2. The third kappa shape index (κ3) is 4.78. The molecule has 0 saturated carbocycles. The average Bonchev–Trinajstić information content (AvgIpc) is 2.58. The number of halogens is 2. The van der Waals surface area contributed by atoms with Crippen molar-refractivity contribution in [3.05, 3.63) is 65.7 Å². The Bertz CT molecular complexity index is 676.